The molecule has 0 radical (unpaired) electrons. The monoisotopic (exact) mass is 311 g/mol. The predicted molar refractivity (Wildman–Crippen MR) is 74.5 cm³/mol. The third-order valence-corrected chi connectivity index (χ3v) is 5.59. The Hall–Kier alpha value is -1.60. The highest BCUT2D eigenvalue weighted by molar-refractivity contribution is 7.86. The molecular formula is C14H17NO5S. The van der Waals surface area contributed by atoms with Gasteiger partial charge in [0, 0.05) is 18.5 Å². The number of hydrogen-bond donors (Lipinski definition) is 1. The SMILES string of the molecule is Cc1ccc(S(=O)(=O)OC2CC3(C2)CN(C(=O)O)C3)cc1. The van der Waals surface area contributed by atoms with Gasteiger partial charge in [0.2, 0.25) is 0 Å². The second kappa shape index (κ2) is 4.71. The van der Waals surface area contributed by atoms with Gasteiger partial charge in [0.05, 0.1) is 11.0 Å². The summed E-state index contributed by atoms with van der Waals surface area (Å²) >= 11 is 0. The number of benzene rings is 1. The molecule has 114 valence electrons. The number of nitrogens with zero attached hydrogens (tertiary/aromatic N) is 1. The average Bonchev–Trinajstić information content (AvgIpc) is 2.30. The molecule has 21 heavy (non-hydrogen) atoms. The first-order valence-electron chi connectivity index (χ1n) is 6.78. The van der Waals surface area contributed by atoms with Crippen LogP contribution in [0.25, 0.3) is 0 Å². The van der Waals surface area contributed by atoms with Gasteiger partial charge in [0.15, 0.2) is 0 Å². The number of amides is 1. The minimum Gasteiger partial charge on any atom is -0.465 e. The third kappa shape index (κ3) is 2.63. The van der Waals surface area contributed by atoms with Crippen molar-refractivity contribution in [2.75, 3.05) is 13.1 Å². The van der Waals surface area contributed by atoms with E-state index >= 15 is 0 Å². The zero-order valence-corrected chi connectivity index (χ0v) is 12.5. The standard InChI is InChI=1S/C14H17NO5S/c1-10-2-4-12(5-3-10)21(18,19)20-11-6-14(7-11)8-15(9-14)13(16)17/h2-5,11H,6-9H2,1H3,(H,16,17). The molecule has 7 heteroatoms. The molecule has 0 atom stereocenters. The van der Waals surface area contributed by atoms with Gasteiger partial charge in [-0.1, -0.05) is 17.7 Å². The lowest BCUT2D eigenvalue weighted by Gasteiger charge is -2.57. The minimum atomic E-state index is -3.73. The van der Waals surface area contributed by atoms with Crippen LogP contribution < -0.4 is 0 Å². The Balaban J connectivity index is 1.57. The normalized spacial score (nSPS) is 20.9. The molecule has 2 fully saturated rings. The fourth-order valence-corrected chi connectivity index (χ4v) is 4.15. The molecule has 0 unspecified atom stereocenters. The van der Waals surface area contributed by atoms with Gasteiger partial charge in [-0.15, -0.1) is 0 Å². The molecule has 1 aromatic carbocycles. The summed E-state index contributed by atoms with van der Waals surface area (Å²) in [5, 5.41) is 8.81. The van der Waals surface area contributed by atoms with Gasteiger partial charge in [-0.2, -0.15) is 8.42 Å². The maximum Gasteiger partial charge on any atom is 0.407 e. The van der Waals surface area contributed by atoms with Crippen molar-refractivity contribution in [3.63, 3.8) is 0 Å². The Kier molecular flexibility index (Phi) is 3.22. The first kappa shape index (κ1) is 14.3. The number of carbonyl (C=O) groups is 1. The van der Waals surface area contributed by atoms with Crippen LogP contribution in [0.2, 0.25) is 0 Å². The first-order valence-corrected chi connectivity index (χ1v) is 8.18. The Morgan fingerprint density at radius 1 is 1.29 bits per heavy atom. The van der Waals surface area contributed by atoms with Crippen LogP contribution in [-0.2, 0) is 14.3 Å². The zero-order valence-electron chi connectivity index (χ0n) is 11.7. The maximum absolute atomic E-state index is 12.1. The summed E-state index contributed by atoms with van der Waals surface area (Å²) in [4.78, 5) is 12.2. The molecule has 0 aromatic heterocycles. The first-order chi connectivity index (χ1) is 9.80. The Labute approximate surface area is 123 Å². The number of aryl methyl sites for hydroxylation is 1. The Morgan fingerprint density at radius 3 is 2.38 bits per heavy atom. The Bertz CT molecular complexity index is 653. The van der Waals surface area contributed by atoms with Crippen LogP contribution in [0.4, 0.5) is 4.79 Å². The van der Waals surface area contributed by atoms with E-state index in [-0.39, 0.29) is 16.4 Å². The Morgan fingerprint density at radius 2 is 1.86 bits per heavy atom. The van der Waals surface area contributed by atoms with Gasteiger partial charge in [0.1, 0.15) is 0 Å². The van der Waals surface area contributed by atoms with Crippen molar-refractivity contribution in [3.8, 4) is 0 Å². The van der Waals surface area contributed by atoms with Crippen molar-refractivity contribution in [2.45, 2.75) is 30.8 Å². The van der Waals surface area contributed by atoms with Gasteiger partial charge < -0.3 is 10.0 Å². The van der Waals surface area contributed by atoms with E-state index < -0.39 is 16.2 Å². The van der Waals surface area contributed by atoms with Crippen LogP contribution >= 0.6 is 0 Å². The summed E-state index contributed by atoms with van der Waals surface area (Å²) in [6, 6.07) is 6.54. The van der Waals surface area contributed by atoms with Crippen molar-refractivity contribution >= 4 is 16.2 Å². The predicted octanol–water partition coefficient (Wildman–Crippen LogP) is 1.84. The van der Waals surface area contributed by atoms with Crippen LogP contribution in [-0.4, -0.2) is 43.7 Å². The second-order valence-electron chi connectivity index (χ2n) is 6.03. The van der Waals surface area contributed by atoms with Gasteiger partial charge >= 0.3 is 6.09 Å². The van der Waals surface area contributed by atoms with Crippen LogP contribution in [0.5, 0.6) is 0 Å². The number of likely N-dealkylation sites (tertiary alicyclic amines) is 1. The van der Waals surface area contributed by atoms with E-state index in [1.165, 1.54) is 17.0 Å². The molecule has 1 amide bonds. The van der Waals surface area contributed by atoms with Crippen molar-refractivity contribution in [2.24, 2.45) is 5.41 Å². The topological polar surface area (TPSA) is 83.9 Å². The van der Waals surface area contributed by atoms with Crippen LogP contribution in [0.15, 0.2) is 29.2 Å². The number of hydrogen-bond acceptors (Lipinski definition) is 4. The molecular weight excluding hydrogens is 294 g/mol. The second-order valence-corrected chi connectivity index (χ2v) is 7.60. The fourth-order valence-electron chi connectivity index (χ4n) is 3.07. The fraction of sp³-hybridized carbons (Fsp3) is 0.500. The summed E-state index contributed by atoms with van der Waals surface area (Å²) in [6.45, 7) is 2.84. The van der Waals surface area contributed by atoms with Crippen LogP contribution in [0.3, 0.4) is 0 Å². The molecule has 3 rings (SSSR count). The summed E-state index contributed by atoms with van der Waals surface area (Å²) in [7, 11) is -3.73. The molecule has 1 spiro atoms. The summed E-state index contributed by atoms with van der Waals surface area (Å²) in [6.07, 6.45) is -0.0615. The van der Waals surface area contributed by atoms with E-state index in [4.69, 9.17) is 9.29 Å². The van der Waals surface area contributed by atoms with Gasteiger partial charge in [-0.25, -0.2) is 4.79 Å². The molecule has 1 heterocycles. The lowest BCUT2D eigenvalue weighted by Crippen LogP contribution is -2.65. The van der Waals surface area contributed by atoms with E-state index in [2.05, 4.69) is 0 Å². The van der Waals surface area contributed by atoms with Crippen molar-refractivity contribution in [1.82, 2.24) is 4.90 Å². The maximum atomic E-state index is 12.1. The van der Waals surface area contributed by atoms with Gasteiger partial charge in [0.25, 0.3) is 10.1 Å². The summed E-state index contributed by atoms with van der Waals surface area (Å²) in [5.74, 6) is 0. The molecule has 1 aromatic rings. The summed E-state index contributed by atoms with van der Waals surface area (Å²) < 4.78 is 29.5. The molecule has 1 aliphatic carbocycles. The molecule has 2 aliphatic rings. The lowest BCUT2D eigenvalue weighted by molar-refractivity contribution is -0.105. The van der Waals surface area contributed by atoms with E-state index in [1.807, 2.05) is 6.92 Å². The van der Waals surface area contributed by atoms with Crippen LogP contribution in [0, 0.1) is 12.3 Å². The van der Waals surface area contributed by atoms with Crippen molar-refractivity contribution in [1.29, 1.82) is 0 Å². The quantitative estimate of drug-likeness (QED) is 0.861. The minimum absolute atomic E-state index is 0.0636. The molecule has 6 nitrogen and oxygen atoms in total. The molecule has 1 saturated carbocycles. The molecule has 1 saturated heterocycles. The van der Waals surface area contributed by atoms with Gasteiger partial charge in [-0.05, 0) is 31.9 Å². The van der Waals surface area contributed by atoms with E-state index in [1.54, 1.807) is 12.1 Å². The zero-order chi connectivity index (χ0) is 15.3. The van der Waals surface area contributed by atoms with Crippen molar-refractivity contribution in [3.05, 3.63) is 29.8 Å². The highest BCUT2D eigenvalue weighted by atomic mass is 32.2. The summed E-state index contributed by atoms with van der Waals surface area (Å²) in [5.41, 5.74) is 0.922. The molecule has 0 bridgehead atoms. The van der Waals surface area contributed by atoms with E-state index in [9.17, 15) is 13.2 Å². The highest BCUT2D eigenvalue weighted by Gasteiger charge is 2.55. The number of rotatable bonds is 3. The average molecular weight is 311 g/mol. The van der Waals surface area contributed by atoms with Crippen LogP contribution in [0.1, 0.15) is 18.4 Å². The van der Waals surface area contributed by atoms with E-state index in [0.717, 1.165) is 5.56 Å². The lowest BCUT2D eigenvalue weighted by atomic mass is 9.62. The molecule has 1 N–H and O–H groups in total. The van der Waals surface area contributed by atoms with Crippen molar-refractivity contribution < 1.29 is 22.5 Å². The smallest absolute Gasteiger partial charge is 0.407 e. The third-order valence-electron chi connectivity index (χ3n) is 4.22. The van der Waals surface area contributed by atoms with E-state index in [0.29, 0.717) is 25.9 Å². The number of carboxylic acid groups (broad SMARTS) is 1. The largest absolute Gasteiger partial charge is 0.465 e. The van der Waals surface area contributed by atoms with Gasteiger partial charge in [-0.3, -0.25) is 4.18 Å². The highest BCUT2D eigenvalue weighted by Crippen LogP contribution is 2.50. The molecule has 1 aliphatic heterocycles.